The molecule has 1 amide bonds. The molecule has 37 heavy (non-hydrogen) atoms. The molecule has 0 saturated carbocycles. The van der Waals surface area contributed by atoms with Crippen LogP contribution in [0.4, 0.5) is 0 Å². The highest BCUT2D eigenvalue weighted by Gasteiger charge is 2.34. The lowest BCUT2D eigenvalue weighted by Gasteiger charge is -2.14. The smallest absolute Gasteiger partial charge is 0.232 e. The molecule has 4 nitrogen and oxygen atoms in total. The van der Waals surface area contributed by atoms with E-state index in [0.29, 0.717) is 6.61 Å². The largest absolute Gasteiger partial charge is 0.494 e. The second-order valence-electron chi connectivity index (χ2n) is 9.39. The van der Waals surface area contributed by atoms with E-state index >= 15 is 0 Å². The van der Waals surface area contributed by atoms with E-state index in [1.807, 2.05) is 30.8 Å². The Kier molecular flexibility index (Phi) is 8.47. The SMILES string of the molecule is CCCNC(=O)C1c2ccccc2-c2c(CCCCCSc3nc4ccc(OCC)cc4s3)cccc21. The zero-order chi connectivity index (χ0) is 25.6. The van der Waals surface area contributed by atoms with E-state index < -0.39 is 0 Å². The lowest BCUT2D eigenvalue weighted by Crippen LogP contribution is -2.29. The molecule has 0 aliphatic heterocycles. The normalized spacial score (nSPS) is 13.9. The van der Waals surface area contributed by atoms with Crippen molar-refractivity contribution in [3.8, 4) is 16.9 Å². The van der Waals surface area contributed by atoms with Crippen molar-refractivity contribution in [1.82, 2.24) is 10.3 Å². The van der Waals surface area contributed by atoms with Gasteiger partial charge in [0.1, 0.15) is 5.75 Å². The maximum Gasteiger partial charge on any atom is 0.232 e. The number of unbranched alkanes of at least 4 members (excludes halogenated alkanes) is 2. The standard InChI is InChI=1S/C31H34N2O2S2/c1-3-18-32-30(34)29-24-14-8-7-13-23(24)28-21(12-10-15-25(28)29)11-6-5-9-19-36-31-33-26-17-16-22(35-4-2)20-27(26)37-31/h7-8,10,12-17,20,29H,3-6,9,11,18-19H2,1-2H3,(H,32,34). The number of nitrogens with one attached hydrogen (secondary N) is 1. The first kappa shape index (κ1) is 25.8. The summed E-state index contributed by atoms with van der Waals surface area (Å²) in [5, 5.41) is 3.12. The number of rotatable bonds is 12. The second kappa shape index (κ2) is 12.1. The maximum absolute atomic E-state index is 13.1. The molecule has 1 aliphatic rings. The number of thioether (sulfide) groups is 1. The minimum Gasteiger partial charge on any atom is -0.494 e. The highest BCUT2D eigenvalue weighted by molar-refractivity contribution is 8.01. The van der Waals surface area contributed by atoms with Crippen LogP contribution >= 0.6 is 23.1 Å². The van der Waals surface area contributed by atoms with Gasteiger partial charge in [-0.1, -0.05) is 67.6 Å². The summed E-state index contributed by atoms with van der Waals surface area (Å²) in [4.78, 5) is 17.8. The number of ether oxygens (including phenoxy) is 1. The minimum atomic E-state index is -0.201. The molecule has 1 heterocycles. The van der Waals surface area contributed by atoms with Crippen LogP contribution in [0.15, 0.2) is 65.0 Å². The number of aryl methyl sites for hydroxylation is 1. The number of hydrogen-bond acceptors (Lipinski definition) is 5. The van der Waals surface area contributed by atoms with E-state index in [1.165, 1.54) is 34.2 Å². The van der Waals surface area contributed by atoms with Crippen LogP contribution in [-0.4, -0.2) is 29.8 Å². The Morgan fingerprint density at radius 3 is 2.76 bits per heavy atom. The van der Waals surface area contributed by atoms with Crippen molar-refractivity contribution >= 4 is 39.2 Å². The number of thiazole rings is 1. The predicted molar refractivity (Wildman–Crippen MR) is 156 cm³/mol. The molecule has 6 heteroatoms. The average molecular weight is 531 g/mol. The molecule has 0 spiro atoms. The minimum absolute atomic E-state index is 0.117. The van der Waals surface area contributed by atoms with Gasteiger partial charge in [-0.05, 0) is 78.6 Å². The quantitative estimate of drug-likeness (QED) is 0.150. The van der Waals surface area contributed by atoms with E-state index in [-0.39, 0.29) is 11.8 Å². The maximum atomic E-state index is 13.1. The molecule has 1 unspecified atom stereocenters. The van der Waals surface area contributed by atoms with Crippen molar-refractivity contribution in [2.45, 2.75) is 56.2 Å². The van der Waals surface area contributed by atoms with Gasteiger partial charge >= 0.3 is 0 Å². The van der Waals surface area contributed by atoms with Gasteiger partial charge in [-0.15, -0.1) is 11.3 Å². The molecule has 0 fully saturated rings. The first-order valence-electron chi connectivity index (χ1n) is 13.3. The third kappa shape index (κ3) is 5.70. The van der Waals surface area contributed by atoms with Crippen LogP contribution in [0.2, 0.25) is 0 Å². The van der Waals surface area contributed by atoms with Crippen molar-refractivity contribution in [3.63, 3.8) is 0 Å². The Morgan fingerprint density at radius 2 is 1.89 bits per heavy atom. The number of amides is 1. The first-order chi connectivity index (χ1) is 18.2. The Hall–Kier alpha value is -2.83. The van der Waals surface area contributed by atoms with E-state index in [2.05, 4.69) is 60.8 Å². The third-order valence-electron chi connectivity index (χ3n) is 6.81. The fraction of sp³-hybridized carbons (Fsp3) is 0.355. The topological polar surface area (TPSA) is 51.2 Å². The lowest BCUT2D eigenvalue weighted by atomic mass is 9.93. The summed E-state index contributed by atoms with van der Waals surface area (Å²) in [5.41, 5.74) is 7.22. The Morgan fingerprint density at radius 1 is 1.03 bits per heavy atom. The molecule has 0 bridgehead atoms. The molecule has 0 radical (unpaired) electrons. The number of fused-ring (bicyclic) bond motifs is 4. The Labute approximate surface area is 227 Å². The van der Waals surface area contributed by atoms with Gasteiger partial charge in [-0.2, -0.15) is 0 Å². The molecular weight excluding hydrogens is 496 g/mol. The van der Waals surface area contributed by atoms with Gasteiger partial charge in [0.2, 0.25) is 5.91 Å². The van der Waals surface area contributed by atoms with Gasteiger partial charge in [0.15, 0.2) is 4.34 Å². The molecule has 1 N–H and O–H groups in total. The lowest BCUT2D eigenvalue weighted by molar-refractivity contribution is -0.121. The zero-order valence-electron chi connectivity index (χ0n) is 21.6. The summed E-state index contributed by atoms with van der Waals surface area (Å²) in [7, 11) is 0. The molecule has 0 saturated heterocycles. The highest BCUT2D eigenvalue weighted by atomic mass is 32.2. The Balaban J connectivity index is 1.18. The summed E-state index contributed by atoms with van der Waals surface area (Å²) in [6.45, 7) is 5.49. The van der Waals surface area contributed by atoms with Gasteiger partial charge in [0, 0.05) is 12.3 Å². The number of aromatic nitrogens is 1. The summed E-state index contributed by atoms with van der Waals surface area (Å²) >= 11 is 3.61. The number of nitrogens with zero attached hydrogens (tertiary/aromatic N) is 1. The highest BCUT2D eigenvalue weighted by Crippen LogP contribution is 2.46. The number of benzene rings is 3. The second-order valence-corrected chi connectivity index (χ2v) is 11.8. The first-order valence-corrected chi connectivity index (χ1v) is 15.1. The Bertz CT molecular complexity index is 1380. The molecule has 1 aromatic heterocycles. The molecule has 1 atom stereocenters. The van der Waals surface area contributed by atoms with Crippen LogP contribution in [0.1, 0.15) is 62.1 Å². The molecule has 192 valence electrons. The van der Waals surface area contributed by atoms with Crippen LogP contribution in [0.5, 0.6) is 5.75 Å². The summed E-state index contributed by atoms with van der Waals surface area (Å²) in [5.74, 6) is 1.91. The van der Waals surface area contributed by atoms with Gasteiger partial charge in [-0.3, -0.25) is 4.79 Å². The van der Waals surface area contributed by atoms with Crippen LogP contribution in [-0.2, 0) is 11.2 Å². The van der Waals surface area contributed by atoms with Crippen molar-refractivity contribution in [3.05, 3.63) is 77.4 Å². The monoisotopic (exact) mass is 530 g/mol. The van der Waals surface area contributed by atoms with Crippen LogP contribution < -0.4 is 10.1 Å². The number of carbonyl (C=O) groups excluding carboxylic acids is 1. The van der Waals surface area contributed by atoms with Crippen LogP contribution in [0, 0.1) is 0 Å². The van der Waals surface area contributed by atoms with Gasteiger partial charge in [-0.25, -0.2) is 4.98 Å². The van der Waals surface area contributed by atoms with Crippen molar-refractivity contribution in [2.24, 2.45) is 0 Å². The fourth-order valence-corrected chi connectivity index (χ4v) is 7.30. The zero-order valence-corrected chi connectivity index (χ0v) is 23.2. The van der Waals surface area contributed by atoms with Gasteiger partial charge in [0.25, 0.3) is 0 Å². The number of hydrogen-bond donors (Lipinski definition) is 1. The molecular formula is C31H34N2O2S2. The van der Waals surface area contributed by atoms with Gasteiger partial charge < -0.3 is 10.1 Å². The summed E-state index contributed by atoms with van der Waals surface area (Å²) < 4.78 is 7.94. The van der Waals surface area contributed by atoms with E-state index in [9.17, 15) is 4.79 Å². The average Bonchev–Trinajstić information content (AvgIpc) is 3.48. The van der Waals surface area contributed by atoms with Crippen molar-refractivity contribution < 1.29 is 9.53 Å². The molecule has 3 aromatic carbocycles. The molecule has 1 aliphatic carbocycles. The summed E-state index contributed by atoms with van der Waals surface area (Å²) in [6, 6.07) is 21.1. The summed E-state index contributed by atoms with van der Waals surface area (Å²) in [6.07, 6.45) is 5.46. The van der Waals surface area contributed by atoms with E-state index in [1.54, 1.807) is 11.3 Å². The number of carbonyl (C=O) groups is 1. The van der Waals surface area contributed by atoms with Crippen LogP contribution in [0.3, 0.4) is 0 Å². The predicted octanol–water partition coefficient (Wildman–Crippen LogP) is 7.84. The van der Waals surface area contributed by atoms with Crippen LogP contribution in [0.25, 0.3) is 21.3 Å². The molecule has 5 rings (SSSR count). The fourth-order valence-electron chi connectivity index (χ4n) is 5.13. The third-order valence-corrected chi connectivity index (χ3v) is 9.06. The van der Waals surface area contributed by atoms with Gasteiger partial charge in [0.05, 0.1) is 22.7 Å². The van der Waals surface area contributed by atoms with E-state index in [0.717, 1.165) is 58.3 Å². The van der Waals surface area contributed by atoms with Crippen molar-refractivity contribution in [2.75, 3.05) is 18.9 Å². The van der Waals surface area contributed by atoms with Crippen molar-refractivity contribution in [1.29, 1.82) is 0 Å². The van der Waals surface area contributed by atoms with E-state index in [4.69, 9.17) is 9.72 Å². The molecule has 4 aromatic rings.